The SMILES string of the molecule is CC.CC.CC.CC(C)C(=O)C(C)c1ccccc1.CC(C)C(=O)CCc1ccccc1.CC(C)C(=O)Cc1ccccc1. The zero-order valence-corrected chi connectivity index (χ0v) is 30.3. The molecule has 1 atom stereocenters. The Morgan fingerprint density at radius 1 is 0.477 bits per heavy atom. The van der Waals surface area contributed by atoms with E-state index >= 15 is 0 Å². The Hall–Kier alpha value is -3.33. The first-order valence-corrected chi connectivity index (χ1v) is 16.7. The number of benzene rings is 3. The minimum absolute atomic E-state index is 0.0289. The summed E-state index contributed by atoms with van der Waals surface area (Å²) >= 11 is 0. The number of hydrogen-bond donors (Lipinski definition) is 0. The first-order valence-electron chi connectivity index (χ1n) is 16.7. The monoisotopic (exact) mass is 604 g/mol. The van der Waals surface area contributed by atoms with Gasteiger partial charge in [0, 0.05) is 36.5 Å². The zero-order valence-electron chi connectivity index (χ0n) is 30.3. The van der Waals surface area contributed by atoms with Crippen LogP contribution < -0.4 is 0 Å². The van der Waals surface area contributed by atoms with Crippen LogP contribution in [0.25, 0.3) is 0 Å². The van der Waals surface area contributed by atoms with Crippen LogP contribution in [0.4, 0.5) is 0 Å². The van der Waals surface area contributed by atoms with Crippen LogP contribution in [-0.4, -0.2) is 17.3 Å². The minimum atomic E-state index is 0.0289. The Morgan fingerprint density at radius 3 is 1.20 bits per heavy atom. The van der Waals surface area contributed by atoms with Crippen LogP contribution in [0.15, 0.2) is 91.0 Å². The summed E-state index contributed by atoms with van der Waals surface area (Å²) in [4.78, 5) is 34.3. The quantitative estimate of drug-likeness (QED) is 0.231. The van der Waals surface area contributed by atoms with Gasteiger partial charge in [0.1, 0.15) is 17.3 Å². The number of rotatable bonds is 10. The van der Waals surface area contributed by atoms with Crippen molar-refractivity contribution in [3.63, 3.8) is 0 Å². The molecule has 3 rings (SSSR count). The minimum Gasteiger partial charge on any atom is -0.299 e. The molecule has 0 saturated carbocycles. The number of carbonyl (C=O) groups is 3. The summed E-state index contributed by atoms with van der Waals surface area (Å²) in [5.74, 6) is 1.43. The van der Waals surface area contributed by atoms with Crippen molar-refractivity contribution in [1.29, 1.82) is 0 Å². The topological polar surface area (TPSA) is 51.2 Å². The van der Waals surface area contributed by atoms with Gasteiger partial charge in [-0.2, -0.15) is 0 Å². The first-order chi connectivity index (χ1) is 21.0. The molecule has 3 nitrogen and oxygen atoms in total. The van der Waals surface area contributed by atoms with Gasteiger partial charge < -0.3 is 0 Å². The maximum Gasteiger partial charge on any atom is 0.142 e. The van der Waals surface area contributed by atoms with Crippen molar-refractivity contribution in [3.8, 4) is 0 Å². The molecule has 0 aromatic heterocycles. The van der Waals surface area contributed by atoms with Crippen molar-refractivity contribution in [3.05, 3.63) is 108 Å². The van der Waals surface area contributed by atoms with E-state index < -0.39 is 0 Å². The van der Waals surface area contributed by atoms with E-state index in [2.05, 4.69) is 12.1 Å². The molecule has 0 N–H and O–H groups in total. The van der Waals surface area contributed by atoms with Crippen molar-refractivity contribution in [2.24, 2.45) is 17.8 Å². The lowest BCUT2D eigenvalue weighted by Crippen LogP contribution is -2.15. The van der Waals surface area contributed by atoms with Gasteiger partial charge in [-0.1, -0.05) is 181 Å². The Bertz CT molecular complexity index is 1070. The van der Waals surface area contributed by atoms with Gasteiger partial charge in [-0.25, -0.2) is 0 Å². The Morgan fingerprint density at radius 2 is 0.841 bits per heavy atom. The summed E-state index contributed by atoms with van der Waals surface area (Å²) in [5, 5.41) is 0. The predicted molar refractivity (Wildman–Crippen MR) is 193 cm³/mol. The van der Waals surface area contributed by atoms with Gasteiger partial charge in [0.25, 0.3) is 0 Å². The fourth-order valence-electron chi connectivity index (χ4n) is 3.61. The largest absolute Gasteiger partial charge is 0.299 e. The predicted octanol–water partition coefficient (Wildman–Crippen LogP) is 11.4. The second-order valence-corrected chi connectivity index (χ2v) is 10.6. The highest BCUT2D eigenvalue weighted by atomic mass is 16.1. The van der Waals surface area contributed by atoms with Gasteiger partial charge >= 0.3 is 0 Å². The Balaban J connectivity index is -0.000000527. The molecule has 0 saturated heterocycles. The number of carbonyl (C=O) groups excluding carboxylic acids is 3. The highest BCUT2D eigenvalue weighted by Crippen LogP contribution is 2.19. The van der Waals surface area contributed by atoms with Gasteiger partial charge in [0.2, 0.25) is 0 Å². The summed E-state index contributed by atoms with van der Waals surface area (Å²) in [7, 11) is 0. The van der Waals surface area contributed by atoms with Crippen LogP contribution in [0, 0.1) is 17.8 Å². The third-order valence-corrected chi connectivity index (χ3v) is 6.31. The average molecular weight is 605 g/mol. The molecule has 0 aliphatic heterocycles. The molecule has 246 valence electrons. The lowest BCUT2D eigenvalue weighted by molar-refractivity contribution is -0.123. The van der Waals surface area contributed by atoms with Crippen molar-refractivity contribution < 1.29 is 14.4 Å². The number of Topliss-reactive ketones (excluding diaryl/α,β-unsaturated/α-hetero) is 3. The Labute approximate surface area is 271 Å². The summed E-state index contributed by atoms with van der Waals surface area (Å²) in [5.41, 5.74) is 3.47. The third-order valence-electron chi connectivity index (χ3n) is 6.31. The summed E-state index contributed by atoms with van der Waals surface area (Å²) in [6.07, 6.45) is 2.11. The summed E-state index contributed by atoms with van der Waals surface area (Å²) < 4.78 is 0. The molecule has 44 heavy (non-hydrogen) atoms. The summed E-state index contributed by atoms with van der Waals surface area (Å²) in [6.45, 7) is 25.6. The highest BCUT2D eigenvalue weighted by molar-refractivity contribution is 5.86. The molecule has 0 spiro atoms. The number of ketones is 3. The van der Waals surface area contributed by atoms with Gasteiger partial charge in [0.15, 0.2) is 0 Å². The normalized spacial score (nSPS) is 10.1. The lowest BCUT2D eigenvalue weighted by atomic mass is 9.91. The molecule has 0 amide bonds. The fourth-order valence-corrected chi connectivity index (χ4v) is 3.61. The smallest absolute Gasteiger partial charge is 0.142 e. The van der Waals surface area contributed by atoms with Gasteiger partial charge in [-0.05, 0) is 23.1 Å². The zero-order chi connectivity index (χ0) is 34.5. The van der Waals surface area contributed by atoms with E-state index in [0.29, 0.717) is 30.2 Å². The van der Waals surface area contributed by atoms with E-state index in [-0.39, 0.29) is 23.7 Å². The Kier molecular flexibility index (Phi) is 30.5. The maximum absolute atomic E-state index is 11.6. The molecule has 0 aliphatic carbocycles. The third kappa shape index (κ3) is 22.2. The standard InChI is InChI=1S/2C12H16O.C11H14O.3C2H6/c1-9(2)12(13)10(3)11-7-5-4-6-8-11;1-10(2)12(13)9-8-11-6-4-3-5-7-11;1-9(2)11(12)8-10-6-4-3-5-7-10;3*1-2/h4-10H,1-3H3;3-7,10H,8-9H2,1-2H3;3-7,9H,8H2,1-2H3;3*1-2H3. The molecule has 0 aliphatic rings. The average Bonchev–Trinajstić information content (AvgIpc) is 3.07. The molecule has 3 heteroatoms. The molecular weight excluding hydrogens is 540 g/mol. The molecule has 3 aromatic rings. The van der Waals surface area contributed by atoms with E-state index in [1.165, 1.54) is 5.56 Å². The van der Waals surface area contributed by atoms with E-state index in [1.54, 1.807) is 0 Å². The molecule has 0 fully saturated rings. The molecular formula is C41H64O3. The van der Waals surface area contributed by atoms with Crippen LogP contribution in [0.1, 0.15) is 119 Å². The molecule has 3 aromatic carbocycles. The number of aryl methyl sites for hydroxylation is 1. The van der Waals surface area contributed by atoms with E-state index in [9.17, 15) is 14.4 Å². The molecule has 0 bridgehead atoms. The van der Waals surface area contributed by atoms with E-state index in [1.807, 2.05) is 169 Å². The van der Waals surface area contributed by atoms with Crippen LogP contribution in [-0.2, 0) is 27.2 Å². The fraction of sp³-hybridized carbons (Fsp3) is 0.488. The van der Waals surface area contributed by atoms with Crippen molar-refractivity contribution >= 4 is 17.3 Å². The van der Waals surface area contributed by atoms with Gasteiger partial charge in [-0.3, -0.25) is 14.4 Å². The van der Waals surface area contributed by atoms with E-state index in [0.717, 1.165) is 17.5 Å². The van der Waals surface area contributed by atoms with Crippen LogP contribution >= 0.6 is 0 Å². The van der Waals surface area contributed by atoms with Crippen molar-refractivity contribution in [2.75, 3.05) is 0 Å². The molecule has 0 radical (unpaired) electrons. The molecule has 0 heterocycles. The second kappa shape index (κ2) is 29.7. The lowest BCUT2D eigenvalue weighted by Gasteiger charge is -2.12. The number of hydrogen-bond acceptors (Lipinski definition) is 3. The van der Waals surface area contributed by atoms with Crippen LogP contribution in [0.2, 0.25) is 0 Å². The van der Waals surface area contributed by atoms with Crippen LogP contribution in [0.3, 0.4) is 0 Å². The van der Waals surface area contributed by atoms with Crippen molar-refractivity contribution in [2.45, 2.75) is 115 Å². The second-order valence-electron chi connectivity index (χ2n) is 10.6. The van der Waals surface area contributed by atoms with Gasteiger partial charge in [-0.15, -0.1) is 0 Å². The van der Waals surface area contributed by atoms with Gasteiger partial charge in [0.05, 0.1) is 0 Å². The van der Waals surface area contributed by atoms with E-state index in [4.69, 9.17) is 0 Å². The van der Waals surface area contributed by atoms with Crippen molar-refractivity contribution in [1.82, 2.24) is 0 Å². The maximum atomic E-state index is 11.6. The summed E-state index contributed by atoms with van der Waals surface area (Å²) in [6, 6.07) is 29.9. The molecule has 1 unspecified atom stereocenters. The van der Waals surface area contributed by atoms with Crippen LogP contribution in [0.5, 0.6) is 0 Å². The first kappa shape index (κ1) is 45.1. The highest BCUT2D eigenvalue weighted by Gasteiger charge is 2.17.